The molecule has 9 heteroatoms. The number of fused-ring (bicyclic) bond motifs is 1. The van der Waals surface area contributed by atoms with E-state index in [-0.39, 0.29) is 31.6 Å². The van der Waals surface area contributed by atoms with Crippen molar-refractivity contribution in [2.75, 3.05) is 13.1 Å². The highest BCUT2D eigenvalue weighted by Gasteiger charge is 2.55. The fraction of sp³-hybridized carbons (Fsp3) is 0.474. The maximum absolute atomic E-state index is 12.5. The van der Waals surface area contributed by atoms with Gasteiger partial charge in [0.15, 0.2) is 11.6 Å². The molecule has 1 aliphatic carbocycles. The predicted molar refractivity (Wildman–Crippen MR) is 98.4 cm³/mol. The summed E-state index contributed by atoms with van der Waals surface area (Å²) in [6, 6.07) is 9.12. The van der Waals surface area contributed by atoms with Crippen molar-refractivity contribution in [1.29, 1.82) is 0 Å². The molecule has 0 unspecified atom stereocenters. The van der Waals surface area contributed by atoms with Crippen molar-refractivity contribution < 1.29 is 19.4 Å². The van der Waals surface area contributed by atoms with Crippen LogP contribution in [0.5, 0.6) is 5.75 Å². The number of amides is 2. The van der Waals surface area contributed by atoms with E-state index in [4.69, 9.17) is 4.74 Å². The van der Waals surface area contributed by atoms with Gasteiger partial charge in [-0.15, -0.1) is 0 Å². The van der Waals surface area contributed by atoms with Gasteiger partial charge in [0, 0.05) is 13.1 Å². The molecule has 2 heterocycles. The minimum Gasteiger partial charge on any atom is -0.486 e. The number of hydrogen-bond acceptors (Lipinski definition) is 5. The topological polar surface area (TPSA) is 120 Å². The van der Waals surface area contributed by atoms with Crippen molar-refractivity contribution in [2.24, 2.45) is 11.3 Å². The molecule has 2 atom stereocenters. The molecule has 1 saturated carbocycles. The third-order valence-corrected chi connectivity index (χ3v) is 5.68. The van der Waals surface area contributed by atoms with Crippen LogP contribution in [-0.2, 0) is 17.9 Å². The maximum atomic E-state index is 12.5. The molecule has 1 aromatic heterocycles. The minimum atomic E-state index is -0.790. The lowest BCUT2D eigenvalue weighted by atomic mass is 9.81. The molecule has 0 spiro atoms. The van der Waals surface area contributed by atoms with Crippen molar-refractivity contribution in [2.45, 2.75) is 32.4 Å². The number of carboxylic acids is 1. The number of nitrogens with zero attached hydrogens (tertiary/aromatic N) is 3. The third kappa shape index (κ3) is 3.51. The number of rotatable bonds is 6. The second-order valence-electron chi connectivity index (χ2n) is 7.39. The quantitative estimate of drug-likeness (QED) is 0.697. The molecule has 28 heavy (non-hydrogen) atoms. The van der Waals surface area contributed by atoms with Crippen LogP contribution < -0.4 is 10.1 Å². The number of urea groups is 1. The Kier molecular flexibility index (Phi) is 4.89. The van der Waals surface area contributed by atoms with Gasteiger partial charge in [-0.25, -0.2) is 9.78 Å². The van der Waals surface area contributed by atoms with Gasteiger partial charge in [-0.1, -0.05) is 24.6 Å². The van der Waals surface area contributed by atoms with E-state index in [0.717, 1.165) is 18.6 Å². The van der Waals surface area contributed by atoms with Gasteiger partial charge >= 0.3 is 12.0 Å². The number of likely N-dealkylation sites (tertiary alicyclic amines) is 1. The van der Waals surface area contributed by atoms with Gasteiger partial charge in [0.1, 0.15) is 12.4 Å². The number of aliphatic carboxylic acids is 1. The first-order chi connectivity index (χ1) is 13.6. The smallest absolute Gasteiger partial charge is 0.317 e. The molecule has 148 valence electrons. The van der Waals surface area contributed by atoms with Crippen molar-refractivity contribution in [3.05, 3.63) is 42.0 Å². The summed E-state index contributed by atoms with van der Waals surface area (Å²) < 4.78 is 5.60. The second-order valence-corrected chi connectivity index (χ2v) is 7.39. The highest BCUT2D eigenvalue weighted by atomic mass is 16.5. The number of nitrogens with one attached hydrogen (secondary N) is 2. The molecule has 3 N–H and O–H groups in total. The van der Waals surface area contributed by atoms with E-state index in [0.29, 0.717) is 24.6 Å². The molecule has 0 radical (unpaired) electrons. The standard InChI is InChI=1S/C19H23N5O4/c25-17(26)19-8-4-5-13(19)10-24(12-19)18(27)20-9-15-21-16(23-22-15)11-28-14-6-2-1-3-7-14/h1-3,6-7,13H,4-5,8-12H2,(H,20,27)(H,25,26)(H,21,22,23)/t13-,19+/m0/s1. The van der Waals surface area contributed by atoms with Crippen molar-refractivity contribution in [3.8, 4) is 5.75 Å². The van der Waals surface area contributed by atoms with Crippen LogP contribution in [0.4, 0.5) is 4.79 Å². The van der Waals surface area contributed by atoms with E-state index in [1.165, 1.54) is 0 Å². The van der Waals surface area contributed by atoms with E-state index in [2.05, 4.69) is 20.5 Å². The Morgan fingerprint density at radius 2 is 2.18 bits per heavy atom. The van der Waals surface area contributed by atoms with Crippen LogP contribution in [0.25, 0.3) is 0 Å². The Labute approximate surface area is 162 Å². The molecule has 2 fully saturated rings. The zero-order chi connectivity index (χ0) is 19.6. The molecule has 2 amide bonds. The van der Waals surface area contributed by atoms with Gasteiger partial charge in [0.25, 0.3) is 0 Å². The van der Waals surface area contributed by atoms with Gasteiger partial charge in [-0.05, 0) is 30.9 Å². The number of para-hydroxylation sites is 1. The monoisotopic (exact) mass is 385 g/mol. The average molecular weight is 385 g/mol. The Morgan fingerprint density at radius 1 is 1.36 bits per heavy atom. The fourth-order valence-electron chi connectivity index (χ4n) is 4.21. The molecule has 1 aliphatic heterocycles. The first-order valence-corrected chi connectivity index (χ1v) is 9.41. The Morgan fingerprint density at radius 3 is 2.93 bits per heavy atom. The Hall–Kier alpha value is -3.10. The van der Waals surface area contributed by atoms with Crippen molar-refractivity contribution in [3.63, 3.8) is 0 Å². The number of hydrogen-bond donors (Lipinski definition) is 3. The maximum Gasteiger partial charge on any atom is 0.317 e. The number of carbonyl (C=O) groups excluding carboxylic acids is 1. The highest BCUT2D eigenvalue weighted by molar-refractivity contribution is 5.80. The largest absolute Gasteiger partial charge is 0.486 e. The van der Waals surface area contributed by atoms with E-state index < -0.39 is 11.4 Å². The zero-order valence-electron chi connectivity index (χ0n) is 15.4. The second kappa shape index (κ2) is 7.49. The normalized spacial score (nSPS) is 23.4. The molecule has 0 bridgehead atoms. The Bertz CT molecular complexity index is 855. The van der Waals surface area contributed by atoms with Crippen molar-refractivity contribution >= 4 is 12.0 Å². The summed E-state index contributed by atoms with van der Waals surface area (Å²) in [5, 5.41) is 19.3. The van der Waals surface area contributed by atoms with E-state index >= 15 is 0 Å². The number of aromatic nitrogens is 3. The van der Waals surface area contributed by atoms with Crippen molar-refractivity contribution in [1.82, 2.24) is 25.4 Å². The van der Waals surface area contributed by atoms with Crippen LogP contribution in [0.2, 0.25) is 0 Å². The van der Waals surface area contributed by atoms with Crippen LogP contribution in [0.3, 0.4) is 0 Å². The van der Waals surface area contributed by atoms with Gasteiger partial charge in [-0.2, -0.15) is 5.10 Å². The summed E-state index contributed by atoms with van der Waals surface area (Å²) in [7, 11) is 0. The SMILES string of the molecule is O=C(NCc1n[nH]c(COc2ccccc2)n1)N1C[C@@H]2CCC[C@@]2(C(=O)O)C1. The zero-order valence-corrected chi connectivity index (χ0v) is 15.4. The van der Waals surface area contributed by atoms with Gasteiger partial charge < -0.3 is 20.1 Å². The summed E-state index contributed by atoms with van der Waals surface area (Å²) in [5.74, 6) is 1.00. The van der Waals surface area contributed by atoms with Crippen LogP contribution in [0, 0.1) is 11.3 Å². The average Bonchev–Trinajstić information content (AvgIpc) is 3.39. The molecular weight excluding hydrogens is 362 g/mol. The lowest BCUT2D eigenvalue weighted by Crippen LogP contribution is -2.41. The number of H-pyrrole nitrogens is 1. The first kappa shape index (κ1) is 18.3. The number of carboxylic acid groups (broad SMARTS) is 1. The van der Waals surface area contributed by atoms with Gasteiger partial charge in [-0.3, -0.25) is 9.89 Å². The molecule has 4 rings (SSSR count). The number of carbonyl (C=O) groups is 2. The van der Waals surface area contributed by atoms with Gasteiger partial charge in [0.2, 0.25) is 0 Å². The lowest BCUT2D eigenvalue weighted by molar-refractivity contribution is -0.149. The van der Waals surface area contributed by atoms with E-state index in [1.54, 1.807) is 4.90 Å². The van der Waals surface area contributed by atoms with Crippen LogP contribution in [0.15, 0.2) is 30.3 Å². The summed E-state index contributed by atoms with van der Waals surface area (Å²) in [6.45, 7) is 1.17. The molecule has 9 nitrogen and oxygen atoms in total. The number of aromatic amines is 1. The molecule has 1 saturated heterocycles. The first-order valence-electron chi connectivity index (χ1n) is 9.41. The molecule has 2 aliphatic rings. The van der Waals surface area contributed by atoms with E-state index in [9.17, 15) is 14.7 Å². The number of benzene rings is 1. The van der Waals surface area contributed by atoms with E-state index in [1.807, 2.05) is 30.3 Å². The fourth-order valence-corrected chi connectivity index (χ4v) is 4.21. The van der Waals surface area contributed by atoms with Crippen LogP contribution in [-0.4, -0.2) is 50.3 Å². The summed E-state index contributed by atoms with van der Waals surface area (Å²) in [5.41, 5.74) is -0.774. The van der Waals surface area contributed by atoms with Gasteiger partial charge in [0.05, 0.1) is 12.0 Å². The molecule has 1 aromatic carbocycles. The molecular formula is C19H23N5O4. The lowest BCUT2D eigenvalue weighted by Gasteiger charge is -2.23. The molecule has 2 aromatic rings. The van der Waals surface area contributed by atoms with Crippen LogP contribution >= 0.6 is 0 Å². The predicted octanol–water partition coefficient (Wildman–Crippen LogP) is 1.78. The summed E-state index contributed by atoms with van der Waals surface area (Å²) >= 11 is 0. The third-order valence-electron chi connectivity index (χ3n) is 5.68. The van der Waals surface area contributed by atoms with Crippen LogP contribution in [0.1, 0.15) is 30.9 Å². The minimum absolute atomic E-state index is 0.0426. The Balaban J connectivity index is 1.28. The summed E-state index contributed by atoms with van der Waals surface area (Å²) in [4.78, 5) is 30.1. The highest BCUT2D eigenvalue weighted by Crippen LogP contribution is 2.48. The number of ether oxygens (including phenoxy) is 1. The summed E-state index contributed by atoms with van der Waals surface area (Å²) in [6.07, 6.45) is 2.42.